The van der Waals surface area contributed by atoms with Gasteiger partial charge in [0, 0.05) is 9.79 Å². The average molecular weight is 481 g/mol. The van der Waals surface area contributed by atoms with E-state index >= 15 is 0 Å². The second kappa shape index (κ2) is 12.1. The predicted octanol–water partition coefficient (Wildman–Crippen LogP) is 0.837. The summed E-state index contributed by atoms with van der Waals surface area (Å²) in [6.45, 7) is -1.53. The van der Waals surface area contributed by atoms with Gasteiger partial charge >= 0.3 is 11.9 Å². The molecule has 6 N–H and O–H groups in total. The van der Waals surface area contributed by atoms with Crippen LogP contribution in [0.2, 0.25) is 0 Å². The van der Waals surface area contributed by atoms with Crippen molar-refractivity contribution in [1.82, 2.24) is 10.6 Å². The SMILES string of the molecule is O=C(N[C@@H](CO)C(=O)O)c1ccccc1SSc1ccccc1C(=O)N[C@@H](CO)C(=O)O. The van der Waals surface area contributed by atoms with Crippen LogP contribution < -0.4 is 10.6 Å². The molecule has 2 atom stereocenters. The Morgan fingerprint density at radius 2 is 1.03 bits per heavy atom. The molecule has 0 aliphatic carbocycles. The van der Waals surface area contributed by atoms with Gasteiger partial charge in [-0.1, -0.05) is 45.9 Å². The number of carbonyl (C=O) groups is 4. The average Bonchev–Trinajstić information content (AvgIpc) is 2.79. The summed E-state index contributed by atoms with van der Waals surface area (Å²) in [5.41, 5.74) is 0.357. The Kier molecular flexibility index (Phi) is 9.53. The number of carboxylic acids is 2. The van der Waals surface area contributed by atoms with E-state index in [1.165, 1.54) is 12.1 Å². The van der Waals surface area contributed by atoms with Gasteiger partial charge in [0.05, 0.1) is 24.3 Å². The largest absolute Gasteiger partial charge is 0.480 e. The molecule has 0 spiro atoms. The molecule has 2 rings (SSSR count). The molecular weight excluding hydrogens is 460 g/mol. The van der Waals surface area contributed by atoms with Crippen molar-refractivity contribution in [1.29, 1.82) is 0 Å². The van der Waals surface area contributed by atoms with Crippen LogP contribution in [0.5, 0.6) is 0 Å². The monoisotopic (exact) mass is 480 g/mol. The van der Waals surface area contributed by atoms with Gasteiger partial charge in [0.15, 0.2) is 12.1 Å². The minimum absolute atomic E-state index is 0.179. The number of rotatable bonds is 11. The van der Waals surface area contributed by atoms with Gasteiger partial charge in [0.1, 0.15) is 0 Å². The number of carbonyl (C=O) groups excluding carboxylic acids is 2. The summed E-state index contributed by atoms with van der Waals surface area (Å²) >= 11 is 0. The van der Waals surface area contributed by atoms with Gasteiger partial charge in [0.2, 0.25) is 0 Å². The lowest BCUT2D eigenvalue weighted by Gasteiger charge is -2.15. The third-order valence-electron chi connectivity index (χ3n) is 4.06. The highest BCUT2D eigenvalue weighted by molar-refractivity contribution is 8.76. The van der Waals surface area contributed by atoms with Gasteiger partial charge in [-0.05, 0) is 24.3 Å². The molecule has 2 amide bonds. The third kappa shape index (κ3) is 6.72. The molecule has 0 heterocycles. The Morgan fingerprint density at radius 1 is 0.688 bits per heavy atom. The van der Waals surface area contributed by atoms with Crippen LogP contribution in [0.3, 0.4) is 0 Å². The van der Waals surface area contributed by atoms with E-state index in [1.54, 1.807) is 36.4 Å². The fourth-order valence-corrected chi connectivity index (χ4v) is 4.75. The van der Waals surface area contributed by atoms with Gasteiger partial charge in [-0.15, -0.1) is 0 Å². The summed E-state index contributed by atoms with van der Waals surface area (Å²) < 4.78 is 0. The van der Waals surface area contributed by atoms with Gasteiger partial charge < -0.3 is 31.1 Å². The number of amides is 2. The van der Waals surface area contributed by atoms with Crippen molar-refractivity contribution in [2.75, 3.05) is 13.2 Å². The smallest absolute Gasteiger partial charge is 0.328 e. The highest BCUT2D eigenvalue weighted by atomic mass is 33.1. The minimum atomic E-state index is -1.45. The lowest BCUT2D eigenvalue weighted by atomic mass is 10.2. The normalized spacial score (nSPS) is 12.4. The highest BCUT2D eigenvalue weighted by Crippen LogP contribution is 2.40. The van der Waals surface area contributed by atoms with Gasteiger partial charge in [-0.25, -0.2) is 9.59 Å². The van der Waals surface area contributed by atoms with E-state index in [0.29, 0.717) is 9.79 Å². The maximum atomic E-state index is 12.5. The topological polar surface area (TPSA) is 173 Å². The van der Waals surface area contributed by atoms with Crippen LogP contribution in [0.4, 0.5) is 0 Å². The van der Waals surface area contributed by atoms with Crippen LogP contribution in [0, 0.1) is 0 Å². The van der Waals surface area contributed by atoms with E-state index in [2.05, 4.69) is 10.6 Å². The Labute approximate surface area is 190 Å². The molecule has 12 heteroatoms. The Morgan fingerprint density at radius 3 is 1.34 bits per heavy atom. The highest BCUT2D eigenvalue weighted by Gasteiger charge is 2.23. The fraction of sp³-hybridized carbons (Fsp3) is 0.200. The number of aliphatic hydroxyl groups is 2. The zero-order valence-electron chi connectivity index (χ0n) is 16.4. The van der Waals surface area contributed by atoms with Crippen LogP contribution in [-0.2, 0) is 9.59 Å². The number of aliphatic hydroxyl groups excluding tert-OH is 2. The van der Waals surface area contributed by atoms with E-state index in [1.807, 2.05) is 0 Å². The van der Waals surface area contributed by atoms with Crippen LogP contribution >= 0.6 is 21.6 Å². The van der Waals surface area contributed by atoms with Crippen molar-refractivity contribution in [2.45, 2.75) is 21.9 Å². The first-order valence-electron chi connectivity index (χ1n) is 9.10. The molecule has 0 saturated carbocycles. The fourth-order valence-electron chi connectivity index (χ4n) is 2.39. The van der Waals surface area contributed by atoms with Gasteiger partial charge in [-0.3, -0.25) is 9.59 Å². The van der Waals surface area contributed by atoms with E-state index < -0.39 is 49.1 Å². The maximum absolute atomic E-state index is 12.5. The first-order valence-corrected chi connectivity index (χ1v) is 11.2. The molecular formula is C20H20N2O8S2. The van der Waals surface area contributed by atoms with Crippen LogP contribution in [0.1, 0.15) is 20.7 Å². The van der Waals surface area contributed by atoms with Crippen molar-refractivity contribution < 1.29 is 39.6 Å². The number of hydrogen-bond donors (Lipinski definition) is 6. The minimum Gasteiger partial charge on any atom is -0.480 e. The van der Waals surface area contributed by atoms with Gasteiger partial charge in [0.25, 0.3) is 11.8 Å². The molecule has 0 bridgehead atoms. The molecule has 2 aromatic carbocycles. The standard InChI is InChI=1S/C20H20N2O8S2/c23-9-13(19(27)28)21-17(25)11-5-1-3-7-15(11)31-32-16-8-4-2-6-12(16)18(26)22-14(10-24)20(29)30/h1-8,13-14,23-24H,9-10H2,(H,21,25)(H,22,26)(H,27,28)(H,29,30)/t13-,14-/m0/s1. The van der Waals surface area contributed by atoms with Crippen molar-refractivity contribution in [3.63, 3.8) is 0 Å². The second-order valence-electron chi connectivity index (χ2n) is 6.25. The zero-order valence-corrected chi connectivity index (χ0v) is 18.1. The molecule has 0 aromatic heterocycles. The lowest BCUT2D eigenvalue weighted by Crippen LogP contribution is -2.43. The number of nitrogens with one attached hydrogen (secondary N) is 2. The quantitative estimate of drug-likeness (QED) is 0.253. The van der Waals surface area contributed by atoms with E-state index in [-0.39, 0.29) is 11.1 Å². The molecule has 0 aliphatic heterocycles. The molecule has 0 unspecified atom stereocenters. The maximum Gasteiger partial charge on any atom is 0.328 e. The first-order chi connectivity index (χ1) is 15.3. The van der Waals surface area contributed by atoms with E-state index in [9.17, 15) is 19.2 Å². The molecule has 32 heavy (non-hydrogen) atoms. The van der Waals surface area contributed by atoms with Gasteiger partial charge in [-0.2, -0.15) is 0 Å². The van der Waals surface area contributed by atoms with Crippen LogP contribution in [-0.4, -0.2) is 69.5 Å². The first kappa shape index (κ1) is 25.2. The summed E-state index contributed by atoms with van der Waals surface area (Å²) in [5.74, 6) is -4.12. The molecule has 0 fully saturated rings. The van der Waals surface area contributed by atoms with Crippen molar-refractivity contribution in [3.05, 3.63) is 59.7 Å². The summed E-state index contributed by atoms with van der Waals surface area (Å²) in [5, 5.41) is 40.7. The molecule has 2 aromatic rings. The van der Waals surface area contributed by atoms with Crippen LogP contribution in [0.15, 0.2) is 58.3 Å². The summed E-state index contributed by atoms with van der Waals surface area (Å²) in [6, 6.07) is 9.90. The number of hydrogen-bond acceptors (Lipinski definition) is 8. The Hall–Kier alpha value is -3.06. The summed E-state index contributed by atoms with van der Waals surface area (Å²) in [7, 11) is 2.27. The summed E-state index contributed by atoms with van der Waals surface area (Å²) in [6.07, 6.45) is 0. The molecule has 0 saturated heterocycles. The molecule has 10 nitrogen and oxygen atoms in total. The number of benzene rings is 2. The van der Waals surface area contributed by atoms with Crippen LogP contribution in [0.25, 0.3) is 0 Å². The van der Waals surface area contributed by atoms with Crippen molar-refractivity contribution in [3.8, 4) is 0 Å². The Balaban J connectivity index is 2.19. The van der Waals surface area contributed by atoms with Crippen molar-refractivity contribution in [2.24, 2.45) is 0 Å². The molecule has 170 valence electrons. The number of carboxylic acid groups (broad SMARTS) is 2. The second-order valence-corrected chi connectivity index (χ2v) is 8.47. The Bertz CT molecular complexity index is 922. The van der Waals surface area contributed by atoms with Crippen molar-refractivity contribution >= 4 is 45.3 Å². The zero-order chi connectivity index (χ0) is 23.7. The lowest BCUT2D eigenvalue weighted by molar-refractivity contribution is -0.141. The molecule has 0 radical (unpaired) electrons. The number of aliphatic carboxylic acids is 2. The third-order valence-corrected chi connectivity index (χ3v) is 6.54. The van der Waals surface area contributed by atoms with E-state index in [4.69, 9.17) is 20.4 Å². The predicted molar refractivity (Wildman–Crippen MR) is 117 cm³/mol. The molecule has 0 aliphatic rings. The summed E-state index contributed by atoms with van der Waals surface area (Å²) in [4.78, 5) is 48.1. The van der Waals surface area contributed by atoms with E-state index in [0.717, 1.165) is 21.6 Å².